The van der Waals surface area contributed by atoms with E-state index in [0.717, 1.165) is 31.9 Å². The lowest BCUT2D eigenvalue weighted by Gasteiger charge is -2.28. The van der Waals surface area contributed by atoms with Gasteiger partial charge in [-0.2, -0.15) is 0 Å². The third-order valence-electron chi connectivity index (χ3n) is 4.54. The Balaban J connectivity index is 1.97. The van der Waals surface area contributed by atoms with Gasteiger partial charge in [-0.3, -0.25) is 4.90 Å². The zero-order chi connectivity index (χ0) is 14.7. The molecular weight excluding hydrogens is 260 g/mol. The molecule has 1 N–H and O–H groups in total. The van der Waals surface area contributed by atoms with Crippen molar-refractivity contribution in [3.8, 4) is 5.75 Å². The molecule has 0 aliphatic carbocycles. The van der Waals surface area contributed by atoms with Crippen LogP contribution < -0.4 is 10.1 Å². The van der Waals surface area contributed by atoms with E-state index in [4.69, 9.17) is 4.74 Å². The predicted octanol–water partition coefficient (Wildman–Crippen LogP) is 3.03. The summed E-state index contributed by atoms with van der Waals surface area (Å²) in [6, 6.07) is 13.5. The first-order valence-electron chi connectivity index (χ1n) is 7.83. The van der Waals surface area contributed by atoms with Gasteiger partial charge in [0.05, 0.1) is 7.11 Å². The van der Waals surface area contributed by atoms with Gasteiger partial charge < -0.3 is 10.1 Å². The lowest BCUT2D eigenvalue weighted by molar-refractivity contribution is 0.208. The SMILES string of the molecule is CCN(Cc1c(OC)ccc2ccccc12)C1CCNC1. The third kappa shape index (κ3) is 2.89. The summed E-state index contributed by atoms with van der Waals surface area (Å²) >= 11 is 0. The molecule has 3 nitrogen and oxygen atoms in total. The zero-order valence-electron chi connectivity index (χ0n) is 12.9. The molecule has 0 bridgehead atoms. The highest BCUT2D eigenvalue weighted by molar-refractivity contribution is 5.87. The predicted molar refractivity (Wildman–Crippen MR) is 87.9 cm³/mol. The molecule has 21 heavy (non-hydrogen) atoms. The maximum atomic E-state index is 5.62. The van der Waals surface area contributed by atoms with Crippen LogP contribution in [-0.2, 0) is 6.54 Å². The minimum Gasteiger partial charge on any atom is -0.496 e. The molecule has 0 radical (unpaired) electrons. The number of nitrogens with zero attached hydrogens (tertiary/aromatic N) is 1. The molecule has 0 aromatic heterocycles. The van der Waals surface area contributed by atoms with Crippen molar-refractivity contribution in [3.63, 3.8) is 0 Å². The van der Waals surface area contributed by atoms with Crippen LogP contribution in [0, 0.1) is 0 Å². The molecule has 1 aliphatic heterocycles. The molecule has 3 rings (SSSR count). The van der Waals surface area contributed by atoms with Gasteiger partial charge in [-0.1, -0.05) is 37.3 Å². The van der Waals surface area contributed by atoms with Gasteiger partial charge in [-0.15, -0.1) is 0 Å². The molecule has 2 aromatic carbocycles. The maximum absolute atomic E-state index is 5.62. The number of nitrogens with one attached hydrogen (secondary N) is 1. The number of likely N-dealkylation sites (N-methyl/N-ethyl adjacent to an activating group) is 1. The summed E-state index contributed by atoms with van der Waals surface area (Å²) in [5, 5.41) is 6.06. The Kier molecular flexibility index (Phi) is 4.42. The number of ether oxygens (including phenoxy) is 1. The van der Waals surface area contributed by atoms with Crippen molar-refractivity contribution in [2.45, 2.75) is 25.9 Å². The number of hydrogen-bond acceptors (Lipinski definition) is 3. The van der Waals surface area contributed by atoms with Crippen molar-refractivity contribution >= 4 is 10.8 Å². The summed E-state index contributed by atoms with van der Waals surface area (Å²) in [5.74, 6) is 0.998. The van der Waals surface area contributed by atoms with Crippen LogP contribution in [-0.4, -0.2) is 37.7 Å². The van der Waals surface area contributed by atoms with E-state index >= 15 is 0 Å². The molecule has 112 valence electrons. The van der Waals surface area contributed by atoms with Crippen LogP contribution in [0.25, 0.3) is 10.8 Å². The van der Waals surface area contributed by atoms with Crippen molar-refractivity contribution in [2.75, 3.05) is 26.7 Å². The number of hydrogen-bond donors (Lipinski definition) is 1. The molecule has 2 aromatic rings. The largest absolute Gasteiger partial charge is 0.496 e. The minimum atomic E-state index is 0.638. The van der Waals surface area contributed by atoms with Crippen LogP contribution in [0.3, 0.4) is 0 Å². The Labute approximate surface area is 126 Å². The van der Waals surface area contributed by atoms with Crippen molar-refractivity contribution < 1.29 is 4.74 Å². The molecular formula is C18H24N2O. The molecule has 1 aliphatic rings. The summed E-state index contributed by atoms with van der Waals surface area (Å²) in [6.45, 7) is 6.50. The van der Waals surface area contributed by atoms with E-state index in [1.54, 1.807) is 7.11 Å². The third-order valence-corrected chi connectivity index (χ3v) is 4.54. The standard InChI is InChI=1S/C18H24N2O/c1-3-20(15-10-11-19-12-15)13-17-16-7-5-4-6-14(16)8-9-18(17)21-2/h4-9,15,19H,3,10-13H2,1-2H3. The number of benzene rings is 2. The Morgan fingerprint density at radius 2 is 2.10 bits per heavy atom. The lowest BCUT2D eigenvalue weighted by atomic mass is 10.0. The Morgan fingerprint density at radius 3 is 2.81 bits per heavy atom. The van der Waals surface area contributed by atoms with Crippen LogP contribution in [0.1, 0.15) is 18.9 Å². The number of methoxy groups -OCH3 is 1. The molecule has 3 heteroatoms. The van der Waals surface area contributed by atoms with Gasteiger partial charge in [-0.25, -0.2) is 0 Å². The monoisotopic (exact) mass is 284 g/mol. The van der Waals surface area contributed by atoms with E-state index in [0.29, 0.717) is 6.04 Å². The molecule has 0 spiro atoms. The maximum Gasteiger partial charge on any atom is 0.123 e. The lowest BCUT2D eigenvalue weighted by Crippen LogP contribution is -2.36. The van der Waals surface area contributed by atoms with Crippen molar-refractivity contribution in [1.29, 1.82) is 0 Å². The second kappa shape index (κ2) is 6.46. The molecule has 0 amide bonds. The first-order chi connectivity index (χ1) is 10.3. The van der Waals surface area contributed by atoms with E-state index in [1.165, 1.54) is 22.8 Å². The molecule has 1 saturated heterocycles. The summed E-state index contributed by atoms with van der Waals surface area (Å²) in [6.07, 6.45) is 1.24. The Bertz CT molecular complexity index is 605. The summed E-state index contributed by atoms with van der Waals surface area (Å²) < 4.78 is 5.62. The molecule has 1 fully saturated rings. The van der Waals surface area contributed by atoms with Crippen molar-refractivity contribution in [1.82, 2.24) is 10.2 Å². The van der Waals surface area contributed by atoms with Gasteiger partial charge in [0.2, 0.25) is 0 Å². The highest BCUT2D eigenvalue weighted by atomic mass is 16.5. The first-order valence-corrected chi connectivity index (χ1v) is 7.83. The summed E-state index contributed by atoms with van der Waals surface area (Å²) in [5.41, 5.74) is 1.31. The van der Waals surface area contributed by atoms with Gasteiger partial charge in [0, 0.05) is 24.7 Å². The summed E-state index contributed by atoms with van der Waals surface area (Å²) in [4.78, 5) is 2.56. The van der Waals surface area contributed by atoms with E-state index in [9.17, 15) is 0 Å². The van der Waals surface area contributed by atoms with Crippen LogP contribution in [0.4, 0.5) is 0 Å². The fourth-order valence-corrected chi connectivity index (χ4v) is 3.32. The quantitative estimate of drug-likeness (QED) is 0.913. The van der Waals surface area contributed by atoms with E-state index in [2.05, 4.69) is 53.5 Å². The van der Waals surface area contributed by atoms with Gasteiger partial charge in [-0.05, 0) is 36.3 Å². The van der Waals surface area contributed by atoms with Crippen LogP contribution in [0.5, 0.6) is 5.75 Å². The second-order valence-electron chi connectivity index (χ2n) is 5.68. The van der Waals surface area contributed by atoms with E-state index in [-0.39, 0.29) is 0 Å². The second-order valence-corrected chi connectivity index (χ2v) is 5.68. The molecule has 1 unspecified atom stereocenters. The van der Waals surface area contributed by atoms with Crippen molar-refractivity contribution in [3.05, 3.63) is 42.0 Å². The summed E-state index contributed by atoms with van der Waals surface area (Å²) in [7, 11) is 1.76. The number of rotatable bonds is 5. The fraction of sp³-hybridized carbons (Fsp3) is 0.444. The average Bonchev–Trinajstić information content (AvgIpc) is 3.06. The van der Waals surface area contributed by atoms with Crippen LogP contribution in [0.2, 0.25) is 0 Å². The molecule has 1 atom stereocenters. The van der Waals surface area contributed by atoms with Gasteiger partial charge >= 0.3 is 0 Å². The molecule has 0 saturated carbocycles. The Morgan fingerprint density at radius 1 is 1.24 bits per heavy atom. The van der Waals surface area contributed by atoms with E-state index < -0.39 is 0 Å². The van der Waals surface area contributed by atoms with E-state index in [1.807, 2.05) is 0 Å². The highest BCUT2D eigenvalue weighted by Crippen LogP contribution is 2.30. The van der Waals surface area contributed by atoms with Gasteiger partial charge in [0.25, 0.3) is 0 Å². The minimum absolute atomic E-state index is 0.638. The average molecular weight is 284 g/mol. The smallest absolute Gasteiger partial charge is 0.123 e. The molecule has 1 heterocycles. The van der Waals surface area contributed by atoms with Crippen LogP contribution in [0.15, 0.2) is 36.4 Å². The highest BCUT2D eigenvalue weighted by Gasteiger charge is 2.22. The zero-order valence-corrected chi connectivity index (χ0v) is 12.9. The first kappa shape index (κ1) is 14.4. The number of fused-ring (bicyclic) bond motifs is 1. The Hall–Kier alpha value is -1.58. The van der Waals surface area contributed by atoms with Crippen LogP contribution >= 0.6 is 0 Å². The van der Waals surface area contributed by atoms with Crippen molar-refractivity contribution in [2.24, 2.45) is 0 Å². The van der Waals surface area contributed by atoms with Gasteiger partial charge in [0.15, 0.2) is 0 Å². The topological polar surface area (TPSA) is 24.5 Å². The van der Waals surface area contributed by atoms with Gasteiger partial charge in [0.1, 0.15) is 5.75 Å². The fourth-order valence-electron chi connectivity index (χ4n) is 3.32. The normalized spacial score (nSPS) is 18.5.